The molecule has 0 saturated heterocycles. The second-order valence-electron chi connectivity index (χ2n) is 6.22. The molecule has 1 heterocycles. The molecule has 4 rings (SSSR count). The monoisotopic (exact) mass is 398 g/mol. The summed E-state index contributed by atoms with van der Waals surface area (Å²) in [5, 5.41) is 4.14. The van der Waals surface area contributed by atoms with Crippen LogP contribution < -0.4 is 0 Å². The van der Waals surface area contributed by atoms with E-state index in [2.05, 4.69) is 11.2 Å². The van der Waals surface area contributed by atoms with Crippen LogP contribution in [0.25, 0.3) is 11.1 Å². The van der Waals surface area contributed by atoms with E-state index < -0.39 is 10.0 Å². The molecule has 1 aliphatic carbocycles. The molecule has 1 aliphatic rings. The van der Waals surface area contributed by atoms with Crippen molar-refractivity contribution >= 4 is 33.6 Å². The molecule has 138 valence electrons. The van der Waals surface area contributed by atoms with Gasteiger partial charge in [-0.2, -0.15) is 17.6 Å². The fourth-order valence-electron chi connectivity index (χ4n) is 3.28. The molecule has 6 heteroatoms. The van der Waals surface area contributed by atoms with Crippen molar-refractivity contribution in [3.8, 4) is 0 Å². The first-order valence-corrected chi connectivity index (χ1v) is 9.84. The molecule has 0 amide bonds. The Balaban J connectivity index is 0.00000210. The van der Waals surface area contributed by atoms with Crippen LogP contribution in [0.5, 0.6) is 0 Å². The minimum absolute atomic E-state index is 0. The summed E-state index contributed by atoms with van der Waals surface area (Å²) in [6.45, 7) is 2.04. The standard InChI is InChI=1S/C21H18N2O2S.ClH/c1-16-12-13-19(17-8-4-2-5-9-17)21(16)20-14-15-22-23(20)26(24,25)18-10-6-3-7-11-18;/h2-11,13-15H,12H2,1H3;1H. The Hall–Kier alpha value is -2.63. The number of nitrogens with zero attached hydrogens (tertiary/aromatic N) is 2. The predicted molar refractivity (Wildman–Crippen MR) is 110 cm³/mol. The van der Waals surface area contributed by atoms with Gasteiger partial charge in [-0.05, 0) is 42.7 Å². The molecular weight excluding hydrogens is 380 g/mol. The first-order valence-electron chi connectivity index (χ1n) is 8.40. The first-order chi connectivity index (χ1) is 12.6. The summed E-state index contributed by atoms with van der Waals surface area (Å²) in [5.74, 6) is 0. The number of rotatable bonds is 4. The van der Waals surface area contributed by atoms with Crippen LogP contribution in [0.2, 0.25) is 0 Å². The van der Waals surface area contributed by atoms with E-state index in [0.29, 0.717) is 5.69 Å². The van der Waals surface area contributed by atoms with Crippen LogP contribution in [-0.4, -0.2) is 17.6 Å². The normalized spacial score (nSPS) is 14.0. The lowest BCUT2D eigenvalue weighted by Gasteiger charge is -2.14. The zero-order chi connectivity index (χ0) is 18.1. The van der Waals surface area contributed by atoms with Gasteiger partial charge in [0, 0.05) is 5.57 Å². The number of benzene rings is 2. The second kappa shape index (κ2) is 7.55. The van der Waals surface area contributed by atoms with Crippen molar-refractivity contribution in [3.63, 3.8) is 0 Å². The number of allylic oxidation sites excluding steroid dienone is 4. The maximum Gasteiger partial charge on any atom is 0.283 e. The molecule has 3 aromatic rings. The van der Waals surface area contributed by atoms with Gasteiger partial charge in [-0.15, -0.1) is 12.4 Å². The number of aromatic nitrogens is 2. The molecule has 0 unspecified atom stereocenters. The van der Waals surface area contributed by atoms with Crippen molar-refractivity contribution in [3.05, 3.63) is 95.8 Å². The Kier molecular flexibility index (Phi) is 5.35. The van der Waals surface area contributed by atoms with E-state index in [1.807, 2.05) is 37.3 Å². The molecule has 0 bridgehead atoms. The highest BCUT2D eigenvalue weighted by Gasteiger charge is 2.27. The van der Waals surface area contributed by atoms with Crippen molar-refractivity contribution in [2.75, 3.05) is 0 Å². The van der Waals surface area contributed by atoms with E-state index in [1.165, 1.54) is 6.20 Å². The topological polar surface area (TPSA) is 52.0 Å². The van der Waals surface area contributed by atoms with E-state index >= 15 is 0 Å². The van der Waals surface area contributed by atoms with Crippen LogP contribution in [0.3, 0.4) is 0 Å². The predicted octanol–water partition coefficient (Wildman–Crippen LogP) is 4.80. The molecule has 1 aromatic heterocycles. The molecule has 0 fully saturated rings. The van der Waals surface area contributed by atoms with Crippen molar-refractivity contribution in [2.45, 2.75) is 18.2 Å². The average Bonchev–Trinajstić information content (AvgIpc) is 3.30. The van der Waals surface area contributed by atoms with Crippen LogP contribution in [0.15, 0.2) is 89.5 Å². The molecular formula is C21H19ClN2O2S. The van der Waals surface area contributed by atoms with E-state index in [1.54, 1.807) is 36.4 Å². The summed E-state index contributed by atoms with van der Waals surface area (Å²) in [7, 11) is -3.75. The third-order valence-corrected chi connectivity index (χ3v) is 6.14. The molecule has 0 aliphatic heterocycles. The summed E-state index contributed by atoms with van der Waals surface area (Å²) in [4.78, 5) is 0.228. The van der Waals surface area contributed by atoms with Crippen molar-refractivity contribution in [1.29, 1.82) is 0 Å². The molecule has 0 spiro atoms. The Morgan fingerprint density at radius 1 is 0.926 bits per heavy atom. The summed E-state index contributed by atoms with van der Waals surface area (Å²) >= 11 is 0. The number of hydrogen-bond acceptors (Lipinski definition) is 3. The van der Waals surface area contributed by atoms with E-state index in [-0.39, 0.29) is 17.3 Å². The van der Waals surface area contributed by atoms with Gasteiger partial charge in [0.25, 0.3) is 10.0 Å². The smallest absolute Gasteiger partial charge is 0.199 e. The zero-order valence-corrected chi connectivity index (χ0v) is 16.4. The van der Waals surface area contributed by atoms with Crippen LogP contribution >= 0.6 is 12.4 Å². The van der Waals surface area contributed by atoms with Gasteiger partial charge >= 0.3 is 0 Å². The third-order valence-electron chi connectivity index (χ3n) is 4.53. The van der Waals surface area contributed by atoms with E-state index in [4.69, 9.17) is 0 Å². The zero-order valence-electron chi connectivity index (χ0n) is 14.7. The third kappa shape index (κ3) is 3.36. The lowest BCUT2D eigenvalue weighted by atomic mass is 9.97. The fourth-order valence-corrected chi connectivity index (χ4v) is 4.57. The minimum atomic E-state index is -3.75. The summed E-state index contributed by atoms with van der Waals surface area (Å²) < 4.78 is 27.3. The van der Waals surface area contributed by atoms with Gasteiger partial charge in [0.1, 0.15) is 0 Å². The molecule has 27 heavy (non-hydrogen) atoms. The highest BCUT2D eigenvalue weighted by Crippen LogP contribution is 2.40. The maximum atomic E-state index is 13.1. The van der Waals surface area contributed by atoms with Crippen molar-refractivity contribution < 1.29 is 8.42 Å². The first kappa shape index (κ1) is 19.1. The Bertz CT molecular complexity index is 1120. The second-order valence-corrected chi connectivity index (χ2v) is 7.99. The SMILES string of the molecule is CC1=C(c2ccnn2S(=O)(=O)c2ccccc2)C(c2ccccc2)=CC1.Cl. The van der Waals surface area contributed by atoms with Gasteiger partial charge in [-0.25, -0.2) is 0 Å². The van der Waals surface area contributed by atoms with Gasteiger partial charge in [0.15, 0.2) is 0 Å². The van der Waals surface area contributed by atoms with Gasteiger partial charge in [-0.3, -0.25) is 0 Å². The van der Waals surface area contributed by atoms with Crippen molar-refractivity contribution in [2.24, 2.45) is 0 Å². The molecule has 4 nitrogen and oxygen atoms in total. The van der Waals surface area contributed by atoms with Gasteiger partial charge < -0.3 is 0 Å². The van der Waals surface area contributed by atoms with Crippen LogP contribution in [0.4, 0.5) is 0 Å². The Labute approximate surface area is 165 Å². The Morgan fingerprint density at radius 3 is 2.22 bits per heavy atom. The lowest BCUT2D eigenvalue weighted by Crippen LogP contribution is -2.17. The lowest BCUT2D eigenvalue weighted by molar-refractivity contribution is 0.579. The molecule has 0 N–H and O–H groups in total. The van der Waals surface area contributed by atoms with Crippen LogP contribution in [0.1, 0.15) is 24.6 Å². The van der Waals surface area contributed by atoms with Crippen LogP contribution in [0, 0.1) is 0 Å². The average molecular weight is 399 g/mol. The fraction of sp³-hybridized carbons (Fsp3) is 0.0952. The van der Waals surface area contributed by atoms with Crippen molar-refractivity contribution in [1.82, 2.24) is 9.19 Å². The van der Waals surface area contributed by atoms with E-state index in [9.17, 15) is 8.42 Å². The molecule has 0 saturated carbocycles. The molecule has 2 aromatic carbocycles. The maximum absolute atomic E-state index is 13.1. The largest absolute Gasteiger partial charge is 0.283 e. The highest BCUT2D eigenvalue weighted by molar-refractivity contribution is 7.89. The highest BCUT2D eigenvalue weighted by atomic mass is 35.5. The number of halogens is 1. The van der Waals surface area contributed by atoms with Crippen LogP contribution in [-0.2, 0) is 10.0 Å². The van der Waals surface area contributed by atoms with E-state index in [0.717, 1.165) is 32.8 Å². The molecule has 0 radical (unpaired) electrons. The minimum Gasteiger partial charge on any atom is -0.199 e. The quantitative estimate of drug-likeness (QED) is 0.634. The molecule has 0 atom stereocenters. The van der Waals surface area contributed by atoms with Gasteiger partial charge in [0.05, 0.1) is 16.8 Å². The summed E-state index contributed by atoms with van der Waals surface area (Å²) in [6, 6.07) is 20.2. The summed E-state index contributed by atoms with van der Waals surface area (Å²) in [6.07, 6.45) is 4.49. The number of hydrogen-bond donors (Lipinski definition) is 0. The summed E-state index contributed by atoms with van der Waals surface area (Å²) in [5.41, 5.74) is 4.79. The van der Waals surface area contributed by atoms with Gasteiger partial charge in [0.2, 0.25) is 0 Å². The Morgan fingerprint density at radius 2 is 1.56 bits per heavy atom. The van der Waals surface area contributed by atoms with Gasteiger partial charge in [-0.1, -0.05) is 60.2 Å².